The SMILES string of the molecule is CCCC(=O)O.OC1CN2CCC(O)C2C(O)C1O. The molecule has 112 valence electrons. The van der Waals surface area contributed by atoms with Crippen LogP contribution in [0.5, 0.6) is 0 Å². The highest BCUT2D eigenvalue weighted by atomic mass is 16.4. The molecule has 0 aliphatic carbocycles. The van der Waals surface area contributed by atoms with Crippen molar-refractivity contribution in [3.63, 3.8) is 0 Å². The van der Waals surface area contributed by atoms with Crippen molar-refractivity contribution < 1.29 is 30.3 Å². The van der Waals surface area contributed by atoms with Crippen molar-refractivity contribution in [1.29, 1.82) is 0 Å². The van der Waals surface area contributed by atoms with Gasteiger partial charge in [0, 0.05) is 19.5 Å². The molecule has 2 rings (SSSR count). The van der Waals surface area contributed by atoms with Crippen molar-refractivity contribution >= 4 is 5.97 Å². The first kappa shape index (κ1) is 16.3. The van der Waals surface area contributed by atoms with Gasteiger partial charge in [-0.3, -0.25) is 9.69 Å². The maximum Gasteiger partial charge on any atom is 0.303 e. The quantitative estimate of drug-likeness (QED) is 0.411. The number of hydrogen-bond acceptors (Lipinski definition) is 6. The van der Waals surface area contributed by atoms with E-state index in [9.17, 15) is 25.2 Å². The van der Waals surface area contributed by atoms with Gasteiger partial charge < -0.3 is 25.5 Å². The fraction of sp³-hybridized carbons (Fsp3) is 0.917. The molecular formula is C12H23NO6. The first-order chi connectivity index (χ1) is 8.88. The van der Waals surface area contributed by atoms with Gasteiger partial charge in [-0.2, -0.15) is 0 Å². The second-order valence-electron chi connectivity index (χ2n) is 5.03. The van der Waals surface area contributed by atoms with Crippen molar-refractivity contribution in [3.05, 3.63) is 0 Å². The number of aliphatic hydroxyl groups excluding tert-OH is 4. The lowest BCUT2D eigenvalue weighted by atomic mass is 9.93. The van der Waals surface area contributed by atoms with E-state index in [1.54, 1.807) is 0 Å². The van der Waals surface area contributed by atoms with Gasteiger partial charge >= 0.3 is 5.97 Å². The van der Waals surface area contributed by atoms with Crippen molar-refractivity contribution in [3.8, 4) is 0 Å². The van der Waals surface area contributed by atoms with E-state index in [2.05, 4.69) is 0 Å². The molecule has 0 bridgehead atoms. The summed E-state index contributed by atoms with van der Waals surface area (Å²) in [5.74, 6) is -0.711. The summed E-state index contributed by atoms with van der Waals surface area (Å²) in [5.41, 5.74) is 0. The maximum absolute atomic E-state index is 9.60. The number of carbonyl (C=O) groups is 1. The van der Waals surface area contributed by atoms with Crippen LogP contribution >= 0.6 is 0 Å². The topological polar surface area (TPSA) is 121 Å². The zero-order valence-electron chi connectivity index (χ0n) is 11.0. The highest BCUT2D eigenvalue weighted by molar-refractivity contribution is 5.66. The van der Waals surface area contributed by atoms with Gasteiger partial charge in [0.05, 0.1) is 18.2 Å². The number of fused-ring (bicyclic) bond motifs is 1. The first-order valence-electron chi connectivity index (χ1n) is 6.56. The van der Waals surface area contributed by atoms with Crippen LogP contribution in [0.25, 0.3) is 0 Å². The van der Waals surface area contributed by atoms with Gasteiger partial charge in [0.2, 0.25) is 0 Å². The number of aliphatic carboxylic acids is 1. The number of hydrogen-bond donors (Lipinski definition) is 5. The largest absolute Gasteiger partial charge is 0.481 e. The number of nitrogens with zero attached hydrogens (tertiary/aromatic N) is 1. The van der Waals surface area contributed by atoms with Crippen molar-refractivity contribution in [2.45, 2.75) is 56.6 Å². The van der Waals surface area contributed by atoms with Gasteiger partial charge in [-0.05, 0) is 12.8 Å². The Hall–Kier alpha value is -0.730. The minimum Gasteiger partial charge on any atom is -0.481 e. The first-order valence-corrected chi connectivity index (χ1v) is 6.56. The molecule has 2 heterocycles. The lowest BCUT2D eigenvalue weighted by Crippen LogP contribution is -2.61. The third-order valence-electron chi connectivity index (χ3n) is 3.51. The zero-order valence-corrected chi connectivity index (χ0v) is 11.0. The smallest absolute Gasteiger partial charge is 0.303 e. The molecule has 5 N–H and O–H groups in total. The number of carboxylic acids is 1. The summed E-state index contributed by atoms with van der Waals surface area (Å²) in [4.78, 5) is 11.4. The molecule has 7 nitrogen and oxygen atoms in total. The van der Waals surface area contributed by atoms with Crippen LogP contribution in [0.2, 0.25) is 0 Å². The van der Waals surface area contributed by atoms with E-state index in [4.69, 9.17) is 5.11 Å². The molecule has 2 saturated heterocycles. The minimum atomic E-state index is -1.13. The van der Waals surface area contributed by atoms with Crippen LogP contribution in [0.3, 0.4) is 0 Å². The number of aliphatic hydroxyl groups is 4. The monoisotopic (exact) mass is 277 g/mol. The molecule has 0 aromatic rings. The van der Waals surface area contributed by atoms with E-state index in [0.717, 1.165) is 6.42 Å². The summed E-state index contributed by atoms with van der Waals surface area (Å²) in [6.07, 6.45) is -2.04. The second-order valence-corrected chi connectivity index (χ2v) is 5.03. The van der Waals surface area contributed by atoms with Crippen molar-refractivity contribution in [1.82, 2.24) is 4.90 Å². The van der Waals surface area contributed by atoms with Gasteiger partial charge in [-0.25, -0.2) is 0 Å². The van der Waals surface area contributed by atoms with Crippen LogP contribution in [0.1, 0.15) is 26.2 Å². The van der Waals surface area contributed by atoms with Gasteiger partial charge in [-0.15, -0.1) is 0 Å². The predicted octanol–water partition coefficient (Wildman–Crippen LogP) is -1.61. The number of carboxylic acid groups (broad SMARTS) is 1. The van der Waals surface area contributed by atoms with Gasteiger partial charge in [0.25, 0.3) is 0 Å². The van der Waals surface area contributed by atoms with Gasteiger partial charge in [0.15, 0.2) is 0 Å². The average molecular weight is 277 g/mol. The minimum absolute atomic E-state index is 0.292. The Labute approximate surface area is 112 Å². The van der Waals surface area contributed by atoms with Crippen LogP contribution in [0, 0.1) is 0 Å². The Morgan fingerprint density at radius 1 is 1.16 bits per heavy atom. The third kappa shape index (κ3) is 4.12. The summed E-state index contributed by atoms with van der Waals surface area (Å²) >= 11 is 0. The Bertz CT molecular complexity index is 300. The fourth-order valence-corrected chi connectivity index (χ4v) is 2.51. The van der Waals surface area contributed by atoms with E-state index < -0.39 is 36.4 Å². The molecule has 0 spiro atoms. The van der Waals surface area contributed by atoms with Crippen LogP contribution in [0.15, 0.2) is 0 Å². The molecular weight excluding hydrogens is 254 g/mol. The van der Waals surface area contributed by atoms with E-state index in [-0.39, 0.29) is 0 Å². The van der Waals surface area contributed by atoms with Gasteiger partial charge in [0.1, 0.15) is 12.2 Å². The lowest BCUT2D eigenvalue weighted by Gasteiger charge is -2.40. The molecule has 2 fully saturated rings. The summed E-state index contributed by atoms with van der Waals surface area (Å²) in [6.45, 7) is 2.85. The molecule has 7 heteroatoms. The second kappa shape index (κ2) is 7.16. The molecule has 0 radical (unpaired) electrons. The molecule has 0 amide bonds. The number of piperidine rings is 1. The van der Waals surface area contributed by atoms with E-state index >= 15 is 0 Å². The third-order valence-corrected chi connectivity index (χ3v) is 3.51. The summed E-state index contributed by atoms with van der Waals surface area (Å²) in [5, 5.41) is 45.7. The normalized spacial score (nSPS) is 38.3. The molecule has 5 unspecified atom stereocenters. The number of rotatable bonds is 2. The van der Waals surface area contributed by atoms with Crippen LogP contribution < -0.4 is 0 Å². The average Bonchev–Trinajstić information content (AvgIpc) is 2.68. The highest BCUT2D eigenvalue weighted by Gasteiger charge is 2.47. The van der Waals surface area contributed by atoms with Crippen LogP contribution in [-0.2, 0) is 4.79 Å². The lowest BCUT2D eigenvalue weighted by molar-refractivity contribution is -0.140. The fourth-order valence-electron chi connectivity index (χ4n) is 2.51. The molecule has 0 aromatic heterocycles. The Morgan fingerprint density at radius 3 is 2.26 bits per heavy atom. The molecule has 5 atom stereocenters. The maximum atomic E-state index is 9.60. The predicted molar refractivity (Wildman–Crippen MR) is 66.5 cm³/mol. The van der Waals surface area contributed by atoms with E-state index in [0.29, 0.717) is 25.9 Å². The van der Waals surface area contributed by atoms with Crippen LogP contribution in [0.4, 0.5) is 0 Å². The molecule has 0 aromatic carbocycles. The van der Waals surface area contributed by atoms with E-state index in [1.165, 1.54) is 0 Å². The Kier molecular flexibility index (Phi) is 6.15. The Morgan fingerprint density at radius 2 is 1.79 bits per heavy atom. The Balaban J connectivity index is 0.000000258. The van der Waals surface area contributed by atoms with Crippen molar-refractivity contribution in [2.75, 3.05) is 13.1 Å². The van der Waals surface area contributed by atoms with Crippen LogP contribution in [-0.4, -0.2) is 79.9 Å². The molecule has 2 aliphatic rings. The highest BCUT2D eigenvalue weighted by Crippen LogP contribution is 2.27. The molecule has 0 saturated carbocycles. The van der Waals surface area contributed by atoms with Gasteiger partial charge in [-0.1, -0.05) is 6.92 Å². The molecule has 19 heavy (non-hydrogen) atoms. The standard InChI is InChI=1S/C8H15NO4.C4H8O2/c10-4-1-2-9-3-5(11)7(12)8(13)6(4)9;1-2-3-4(5)6/h4-8,10-13H,1-3H2;2-3H2,1H3,(H,5,6). The molecule has 2 aliphatic heterocycles. The van der Waals surface area contributed by atoms with Crippen molar-refractivity contribution in [2.24, 2.45) is 0 Å². The summed E-state index contributed by atoms with van der Waals surface area (Å²) in [7, 11) is 0. The summed E-state index contributed by atoms with van der Waals surface area (Å²) < 4.78 is 0. The zero-order chi connectivity index (χ0) is 14.6. The summed E-state index contributed by atoms with van der Waals surface area (Å²) in [6, 6.07) is -0.404. The van der Waals surface area contributed by atoms with E-state index in [1.807, 2.05) is 11.8 Å².